The Kier molecular flexibility index (Phi) is 3.51. The molecule has 10 heteroatoms. The topological polar surface area (TPSA) is 83.5 Å². The zero-order chi connectivity index (χ0) is 14.1. The first-order chi connectivity index (χ1) is 8.06. The second kappa shape index (κ2) is 4.44. The smallest absolute Gasteiger partial charge is 0.478 e. The van der Waals surface area contributed by atoms with E-state index in [1.807, 2.05) is 0 Å². The number of rotatable bonds is 3. The van der Waals surface area contributed by atoms with E-state index < -0.39 is 38.6 Å². The third kappa shape index (κ3) is 2.70. The van der Waals surface area contributed by atoms with Crippen LogP contribution in [-0.2, 0) is 10.0 Å². The van der Waals surface area contributed by atoms with Crippen molar-refractivity contribution in [3.63, 3.8) is 0 Å². The van der Waals surface area contributed by atoms with Crippen molar-refractivity contribution < 1.29 is 35.9 Å². The summed E-state index contributed by atoms with van der Waals surface area (Å²) in [7, 11) is -5.80. The van der Waals surface area contributed by atoms with E-state index >= 15 is 0 Å². The lowest BCUT2D eigenvalue weighted by molar-refractivity contribution is -0.0429. The molecule has 0 unspecified atom stereocenters. The minimum Gasteiger partial charge on any atom is -0.478 e. The summed E-state index contributed by atoms with van der Waals surface area (Å²) in [6.45, 7) is 0. The van der Waals surface area contributed by atoms with Crippen LogP contribution >= 0.6 is 0 Å². The van der Waals surface area contributed by atoms with Crippen molar-refractivity contribution in [3.05, 3.63) is 29.6 Å². The van der Waals surface area contributed by atoms with Crippen LogP contribution in [0.1, 0.15) is 10.4 Å². The van der Waals surface area contributed by atoms with Crippen LogP contribution in [0.4, 0.5) is 23.2 Å². The molecule has 0 saturated heterocycles. The lowest BCUT2D eigenvalue weighted by Gasteiger charge is -2.11. The van der Waals surface area contributed by atoms with Gasteiger partial charge in [0, 0.05) is 0 Å². The molecule has 0 aliphatic heterocycles. The molecule has 0 aliphatic rings. The molecule has 18 heavy (non-hydrogen) atoms. The first-order valence-electron chi connectivity index (χ1n) is 4.17. The van der Waals surface area contributed by atoms with Gasteiger partial charge in [0.15, 0.2) is 5.82 Å². The number of sulfonamides is 1. The Bertz CT molecular complexity index is 581. The molecule has 0 atom stereocenters. The second-order valence-electron chi connectivity index (χ2n) is 3.02. The summed E-state index contributed by atoms with van der Waals surface area (Å²) in [6, 6.07) is 2.36. The van der Waals surface area contributed by atoms with Crippen molar-refractivity contribution in [3.8, 4) is 0 Å². The summed E-state index contributed by atoms with van der Waals surface area (Å²) in [4.78, 5) is 10.5. The average molecular weight is 287 g/mol. The number of alkyl halides is 3. The molecular weight excluding hydrogens is 282 g/mol. The predicted octanol–water partition coefficient (Wildman–Crippen LogP) is 1.79. The maximum atomic E-state index is 13.4. The second-order valence-corrected chi connectivity index (χ2v) is 4.70. The maximum absolute atomic E-state index is 13.4. The van der Waals surface area contributed by atoms with Gasteiger partial charge in [-0.15, -0.1) is 0 Å². The number of nitrogens with one attached hydrogen (secondary N) is 1. The minimum absolute atomic E-state index is 0.672. The molecule has 0 heterocycles. The van der Waals surface area contributed by atoms with Crippen molar-refractivity contribution in [1.29, 1.82) is 0 Å². The Morgan fingerprint density at radius 3 is 2.28 bits per heavy atom. The highest BCUT2D eigenvalue weighted by Gasteiger charge is 2.46. The molecule has 0 saturated carbocycles. The minimum atomic E-state index is -5.80. The first kappa shape index (κ1) is 14.2. The molecule has 0 bridgehead atoms. The van der Waals surface area contributed by atoms with Gasteiger partial charge in [0.1, 0.15) is 0 Å². The average Bonchev–Trinajstić information content (AvgIpc) is 2.18. The van der Waals surface area contributed by atoms with Crippen LogP contribution in [0.3, 0.4) is 0 Å². The Morgan fingerprint density at radius 2 is 1.83 bits per heavy atom. The van der Waals surface area contributed by atoms with Gasteiger partial charge in [0.05, 0.1) is 11.3 Å². The zero-order valence-electron chi connectivity index (χ0n) is 8.32. The molecule has 1 aromatic carbocycles. The normalized spacial score (nSPS) is 12.2. The van der Waals surface area contributed by atoms with Crippen LogP contribution in [-0.4, -0.2) is 25.0 Å². The van der Waals surface area contributed by atoms with Crippen LogP contribution < -0.4 is 4.72 Å². The molecule has 0 amide bonds. The van der Waals surface area contributed by atoms with Crippen molar-refractivity contribution >= 4 is 21.7 Å². The molecule has 100 valence electrons. The number of carboxylic acids is 1. The molecular formula is C8H5F4NO4S. The first-order valence-corrected chi connectivity index (χ1v) is 5.65. The summed E-state index contributed by atoms with van der Waals surface area (Å²) in [5.74, 6) is -3.33. The largest absolute Gasteiger partial charge is 0.516 e. The third-order valence-corrected chi connectivity index (χ3v) is 2.88. The van der Waals surface area contributed by atoms with E-state index in [-0.39, 0.29) is 0 Å². The van der Waals surface area contributed by atoms with E-state index in [1.54, 1.807) is 0 Å². The number of aromatic carboxylic acids is 1. The van der Waals surface area contributed by atoms with E-state index in [4.69, 9.17) is 5.11 Å². The molecule has 1 rings (SSSR count). The van der Waals surface area contributed by atoms with E-state index in [9.17, 15) is 30.8 Å². The van der Waals surface area contributed by atoms with Gasteiger partial charge >= 0.3 is 21.5 Å². The van der Waals surface area contributed by atoms with Gasteiger partial charge in [-0.25, -0.2) is 9.18 Å². The molecule has 0 aromatic heterocycles. The van der Waals surface area contributed by atoms with Crippen molar-refractivity contribution in [2.45, 2.75) is 5.51 Å². The fourth-order valence-corrected chi connectivity index (χ4v) is 1.54. The van der Waals surface area contributed by atoms with Gasteiger partial charge in [0.25, 0.3) is 0 Å². The Morgan fingerprint density at radius 1 is 1.28 bits per heavy atom. The van der Waals surface area contributed by atoms with Crippen LogP contribution in [0.2, 0.25) is 0 Å². The highest BCUT2D eigenvalue weighted by molar-refractivity contribution is 7.93. The van der Waals surface area contributed by atoms with Gasteiger partial charge in [0.2, 0.25) is 0 Å². The van der Waals surface area contributed by atoms with Gasteiger partial charge in [-0.05, 0) is 12.1 Å². The summed E-state index contributed by atoms with van der Waals surface area (Å²) < 4.78 is 71.8. The fraction of sp³-hybridized carbons (Fsp3) is 0.125. The number of hydrogen-bond donors (Lipinski definition) is 2. The van der Waals surface area contributed by atoms with Crippen molar-refractivity contribution in [2.75, 3.05) is 4.72 Å². The molecule has 5 nitrogen and oxygen atoms in total. The Hall–Kier alpha value is -1.84. The van der Waals surface area contributed by atoms with Crippen molar-refractivity contribution in [1.82, 2.24) is 0 Å². The Balaban J connectivity index is 3.23. The van der Waals surface area contributed by atoms with Crippen LogP contribution in [0.5, 0.6) is 0 Å². The molecule has 1 aromatic rings. The van der Waals surface area contributed by atoms with E-state index in [0.717, 1.165) is 16.9 Å². The number of anilines is 1. The molecule has 0 aliphatic carbocycles. The van der Waals surface area contributed by atoms with Crippen LogP contribution in [0, 0.1) is 5.82 Å². The van der Waals surface area contributed by atoms with Crippen molar-refractivity contribution in [2.24, 2.45) is 0 Å². The molecule has 0 radical (unpaired) electrons. The zero-order valence-corrected chi connectivity index (χ0v) is 9.14. The molecule has 0 fully saturated rings. The highest BCUT2D eigenvalue weighted by Crippen LogP contribution is 2.27. The van der Waals surface area contributed by atoms with Gasteiger partial charge in [-0.3, -0.25) is 4.72 Å². The summed E-state index contributed by atoms with van der Waals surface area (Å²) >= 11 is 0. The van der Waals surface area contributed by atoms with Crippen LogP contribution in [0.15, 0.2) is 18.2 Å². The lowest BCUT2D eigenvalue weighted by atomic mass is 10.2. The maximum Gasteiger partial charge on any atom is 0.516 e. The SMILES string of the molecule is O=C(O)c1cccc(NS(=O)(=O)C(F)(F)F)c1F. The Labute approximate surface area is 98.1 Å². The monoisotopic (exact) mass is 287 g/mol. The number of carboxylic acid groups (broad SMARTS) is 1. The quantitative estimate of drug-likeness (QED) is 0.830. The molecule has 0 spiro atoms. The number of carbonyl (C=O) groups is 1. The van der Waals surface area contributed by atoms with E-state index in [1.165, 1.54) is 0 Å². The summed E-state index contributed by atoms with van der Waals surface area (Å²) in [5, 5.41) is 8.51. The van der Waals surface area contributed by atoms with E-state index in [2.05, 4.69) is 0 Å². The van der Waals surface area contributed by atoms with Gasteiger partial charge in [-0.2, -0.15) is 21.6 Å². The number of hydrogen-bond acceptors (Lipinski definition) is 3. The van der Waals surface area contributed by atoms with E-state index in [0.29, 0.717) is 6.07 Å². The summed E-state index contributed by atoms with van der Waals surface area (Å²) in [5.41, 5.74) is -7.66. The van der Waals surface area contributed by atoms with Gasteiger partial charge < -0.3 is 5.11 Å². The number of benzene rings is 1. The predicted molar refractivity (Wildman–Crippen MR) is 52.0 cm³/mol. The number of halogens is 4. The fourth-order valence-electron chi connectivity index (χ4n) is 0.979. The van der Waals surface area contributed by atoms with Crippen LogP contribution in [0.25, 0.3) is 0 Å². The molecule has 2 N–H and O–H groups in total. The van der Waals surface area contributed by atoms with Gasteiger partial charge in [-0.1, -0.05) is 6.07 Å². The lowest BCUT2D eigenvalue weighted by Crippen LogP contribution is -2.30. The highest BCUT2D eigenvalue weighted by atomic mass is 32.2. The third-order valence-electron chi connectivity index (χ3n) is 1.78. The summed E-state index contributed by atoms with van der Waals surface area (Å²) in [6.07, 6.45) is 0. The standard InChI is InChI=1S/C8H5F4NO4S/c9-6-4(7(14)15)2-1-3-5(6)13-18(16,17)8(10,11)12/h1-3,13H,(H,14,15).